The van der Waals surface area contributed by atoms with Crippen LogP contribution in [-0.2, 0) is 6.42 Å². The molecule has 0 fully saturated rings. The molecule has 1 N–H and O–H groups in total. The molecule has 0 unspecified atom stereocenters. The highest BCUT2D eigenvalue weighted by Gasteiger charge is 2.13. The highest BCUT2D eigenvalue weighted by molar-refractivity contribution is 7.14. The number of nitrogens with zero attached hydrogens (tertiary/aromatic N) is 1. The molecule has 0 saturated heterocycles. The Hall–Kier alpha value is -2.66. The van der Waals surface area contributed by atoms with Crippen molar-refractivity contribution in [3.05, 3.63) is 65.0 Å². The molecular formula is C20H20N2O2S. The highest BCUT2D eigenvalue weighted by Crippen LogP contribution is 2.26. The number of benzene rings is 2. The summed E-state index contributed by atoms with van der Waals surface area (Å²) in [6, 6.07) is 15.5. The average Bonchev–Trinajstić information content (AvgIpc) is 3.11. The highest BCUT2D eigenvalue weighted by atomic mass is 32.1. The summed E-state index contributed by atoms with van der Waals surface area (Å²) in [5.41, 5.74) is 3.73. The molecule has 3 rings (SSSR count). The first-order valence-corrected chi connectivity index (χ1v) is 9.08. The molecule has 0 bridgehead atoms. The minimum Gasteiger partial charge on any atom is -0.496 e. The zero-order chi connectivity index (χ0) is 17.6. The lowest BCUT2D eigenvalue weighted by Gasteiger charge is -2.07. The van der Waals surface area contributed by atoms with E-state index in [2.05, 4.69) is 41.5 Å². The fourth-order valence-corrected chi connectivity index (χ4v) is 3.31. The number of rotatable bonds is 6. The van der Waals surface area contributed by atoms with E-state index in [4.69, 9.17) is 4.74 Å². The Labute approximate surface area is 151 Å². The topological polar surface area (TPSA) is 51.2 Å². The molecule has 0 spiro atoms. The average molecular weight is 352 g/mol. The van der Waals surface area contributed by atoms with Crippen LogP contribution in [0.25, 0.3) is 11.3 Å². The van der Waals surface area contributed by atoms with E-state index < -0.39 is 0 Å². The Morgan fingerprint density at radius 1 is 1.16 bits per heavy atom. The van der Waals surface area contributed by atoms with Crippen molar-refractivity contribution in [2.45, 2.75) is 19.8 Å². The summed E-state index contributed by atoms with van der Waals surface area (Å²) in [5.74, 6) is 0.319. The summed E-state index contributed by atoms with van der Waals surface area (Å²) in [7, 11) is 1.55. The molecule has 0 aliphatic heterocycles. The molecule has 0 saturated carbocycles. The zero-order valence-corrected chi connectivity index (χ0v) is 15.1. The predicted molar refractivity (Wildman–Crippen MR) is 102 cm³/mol. The van der Waals surface area contributed by atoms with Crippen LogP contribution in [0.1, 0.15) is 29.3 Å². The van der Waals surface area contributed by atoms with Gasteiger partial charge in [0, 0.05) is 10.9 Å². The fourth-order valence-electron chi connectivity index (χ4n) is 2.59. The van der Waals surface area contributed by atoms with Crippen molar-refractivity contribution in [1.82, 2.24) is 4.98 Å². The van der Waals surface area contributed by atoms with E-state index in [1.54, 1.807) is 19.2 Å². The van der Waals surface area contributed by atoms with E-state index >= 15 is 0 Å². The van der Waals surface area contributed by atoms with Crippen LogP contribution in [-0.4, -0.2) is 18.0 Å². The van der Waals surface area contributed by atoms with Crippen LogP contribution in [0.5, 0.6) is 5.75 Å². The zero-order valence-electron chi connectivity index (χ0n) is 14.3. The van der Waals surface area contributed by atoms with Gasteiger partial charge in [0.2, 0.25) is 0 Å². The van der Waals surface area contributed by atoms with Gasteiger partial charge in [0.15, 0.2) is 5.13 Å². The Kier molecular flexibility index (Phi) is 5.46. The van der Waals surface area contributed by atoms with Crippen molar-refractivity contribution >= 4 is 22.4 Å². The summed E-state index contributed by atoms with van der Waals surface area (Å²) in [6.45, 7) is 2.17. The third-order valence-electron chi connectivity index (χ3n) is 3.86. The minimum absolute atomic E-state index is 0.225. The number of carbonyl (C=O) groups is 1. The summed E-state index contributed by atoms with van der Waals surface area (Å²) >= 11 is 1.41. The number of amides is 1. The van der Waals surface area contributed by atoms with Gasteiger partial charge < -0.3 is 4.74 Å². The first kappa shape index (κ1) is 17.2. The van der Waals surface area contributed by atoms with Crippen molar-refractivity contribution < 1.29 is 9.53 Å². The quantitative estimate of drug-likeness (QED) is 0.677. The maximum atomic E-state index is 12.4. The van der Waals surface area contributed by atoms with E-state index in [-0.39, 0.29) is 5.91 Å². The van der Waals surface area contributed by atoms with Gasteiger partial charge in [-0.25, -0.2) is 4.98 Å². The molecule has 0 aliphatic carbocycles. The molecule has 25 heavy (non-hydrogen) atoms. The van der Waals surface area contributed by atoms with Crippen molar-refractivity contribution in [2.75, 3.05) is 12.4 Å². The van der Waals surface area contributed by atoms with E-state index in [0.29, 0.717) is 16.4 Å². The third kappa shape index (κ3) is 4.06. The molecule has 4 nitrogen and oxygen atoms in total. The number of para-hydroxylation sites is 1. The molecule has 128 valence electrons. The number of thiazole rings is 1. The second-order valence-corrected chi connectivity index (χ2v) is 6.50. The molecule has 5 heteroatoms. The maximum absolute atomic E-state index is 12.4. The molecule has 1 aromatic heterocycles. The smallest absolute Gasteiger partial charge is 0.261 e. The lowest BCUT2D eigenvalue weighted by Crippen LogP contribution is -2.12. The molecular weight excluding hydrogens is 332 g/mol. The number of anilines is 1. The van der Waals surface area contributed by atoms with Gasteiger partial charge in [0.25, 0.3) is 5.91 Å². The van der Waals surface area contributed by atoms with E-state index in [1.165, 1.54) is 16.9 Å². The Balaban J connectivity index is 1.74. The lowest BCUT2D eigenvalue weighted by molar-refractivity contribution is 0.102. The van der Waals surface area contributed by atoms with Gasteiger partial charge in [-0.2, -0.15) is 0 Å². The number of aromatic nitrogens is 1. The van der Waals surface area contributed by atoms with Crippen LogP contribution >= 0.6 is 11.3 Å². The van der Waals surface area contributed by atoms with Gasteiger partial charge in [-0.3, -0.25) is 10.1 Å². The summed E-state index contributed by atoms with van der Waals surface area (Å²) in [4.78, 5) is 17.0. The fraction of sp³-hybridized carbons (Fsp3) is 0.200. The molecule has 1 amide bonds. The van der Waals surface area contributed by atoms with Crippen LogP contribution in [0.15, 0.2) is 53.9 Å². The minimum atomic E-state index is -0.225. The van der Waals surface area contributed by atoms with Gasteiger partial charge >= 0.3 is 0 Å². The molecule has 2 aromatic carbocycles. The van der Waals surface area contributed by atoms with Crippen LogP contribution in [0, 0.1) is 0 Å². The number of ether oxygens (including phenoxy) is 1. The van der Waals surface area contributed by atoms with Crippen molar-refractivity contribution in [3.63, 3.8) is 0 Å². The number of carbonyl (C=O) groups excluding carboxylic acids is 1. The molecule has 3 aromatic rings. The Morgan fingerprint density at radius 2 is 1.92 bits per heavy atom. The molecule has 0 atom stereocenters. The lowest BCUT2D eigenvalue weighted by atomic mass is 10.1. The second kappa shape index (κ2) is 7.94. The number of hydrogen-bond donors (Lipinski definition) is 1. The van der Waals surface area contributed by atoms with Crippen molar-refractivity contribution in [1.29, 1.82) is 0 Å². The summed E-state index contributed by atoms with van der Waals surface area (Å²) in [6.07, 6.45) is 2.22. The largest absolute Gasteiger partial charge is 0.496 e. The van der Waals surface area contributed by atoms with Gasteiger partial charge in [0.05, 0.1) is 18.4 Å². The van der Waals surface area contributed by atoms with Gasteiger partial charge in [-0.05, 0) is 24.1 Å². The number of aryl methyl sites for hydroxylation is 1. The van der Waals surface area contributed by atoms with Gasteiger partial charge in [0.1, 0.15) is 5.75 Å². The second-order valence-electron chi connectivity index (χ2n) is 5.64. The maximum Gasteiger partial charge on any atom is 0.261 e. The Morgan fingerprint density at radius 3 is 2.64 bits per heavy atom. The van der Waals surface area contributed by atoms with E-state index in [9.17, 15) is 4.79 Å². The summed E-state index contributed by atoms with van der Waals surface area (Å²) in [5, 5.41) is 5.37. The normalized spacial score (nSPS) is 10.5. The number of methoxy groups -OCH3 is 1. The standard InChI is InChI=1S/C20H20N2O2S/c1-3-6-14-9-11-15(12-10-14)17-13-25-20(21-17)22-19(23)16-7-4-5-8-18(16)24-2/h4-5,7-13H,3,6H2,1-2H3,(H,21,22,23). The van der Waals surface area contributed by atoms with Gasteiger partial charge in [-0.1, -0.05) is 49.7 Å². The van der Waals surface area contributed by atoms with Crippen LogP contribution in [0.3, 0.4) is 0 Å². The molecule has 1 heterocycles. The van der Waals surface area contributed by atoms with E-state index in [1.807, 2.05) is 17.5 Å². The Bertz CT molecular complexity index is 856. The number of nitrogens with one attached hydrogen (secondary N) is 1. The van der Waals surface area contributed by atoms with Crippen molar-refractivity contribution in [2.24, 2.45) is 0 Å². The SMILES string of the molecule is CCCc1ccc(-c2csc(NC(=O)c3ccccc3OC)n2)cc1. The third-order valence-corrected chi connectivity index (χ3v) is 4.62. The van der Waals surface area contributed by atoms with Crippen molar-refractivity contribution in [3.8, 4) is 17.0 Å². The van der Waals surface area contributed by atoms with E-state index in [0.717, 1.165) is 24.1 Å². The first-order chi connectivity index (χ1) is 12.2. The molecule has 0 radical (unpaired) electrons. The van der Waals surface area contributed by atoms with Crippen LogP contribution in [0.4, 0.5) is 5.13 Å². The molecule has 0 aliphatic rings. The predicted octanol–water partition coefficient (Wildman–Crippen LogP) is 5.02. The monoisotopic (exact) mass is 352 g/mol. The summed E-state index contributed by atoms with van der Waals surface area (Å²) < 4.78 is 5.23. The number of hydrogen-bond acceptors (Lipinski definition) is 4. The van der Waals surface area contributed by atoms with Gasteiger partial charge in [-0.15, -0.1) is 11.3 Å². The first-order valence-electron chi connectivity index (χ1n) is 8.20. The van der Waals surface area contributed by atoms with Crippen LogP contribution < -0.4 is 10.1 Å². The van der Waals surface area contributed by atoms with Crippen LogP contribution in [0.2, 0.25) is 0 Å².